The first-order valence-corrected chi connectivity index (χ1v) is 7.70. The van der Waals surface area contributed by atoms with Crippen LogP contribution in [0.2, 0.25) is 0 Å². The first-order valence-electron chi connectivity index (χ1n) is 6.47. The summed E-state index contributed by atoms with van der Waals surface area (Å²) in [5.74, 6) is -0.0112. The van der Waals surface area contributed by atoms with Gasteiger partial charge in [0.15, 0.2) is 0 Å². The number of ether oxygens (including phenoxy) is 1. The predicted octanol–water partition coefficient (Wildman–Crippen LogP) is 3.26. The molecule has 0 aromatic heterocycles. The van der Waals surface area contributed by atoms with Gasteiger partial charge in [0.25, 0.3) is 0 Å². The largest absolute Gasteiger partial charge is 0.468 e. The Balaban J connectivity index is 2.75. The summed E-state index contributed by atoms with van der Waals surface area (Å²) < 4.78 is 4.84. The van der Waals surface area contributed by atoms with E-state index in [0.717, 1.165) is 0 Å². The van der Waals surface area contributed by atoms with Gasteiger partial charge in [0, 0.05) is 10.9 Å². The predicted molar refractivity (Wildman–Crippen MR) is 80.4 cm³/mol. The molecule has 106 valence electrons. The highest BCUT2D eigenvalue weighted by molar-refractivity contribution is 7.98. The second kappa shape index (κ2) is 7.56. The summed E-state index contributed by atoms with van der Waals surface area (Å²) in [5, 5.41) is 3.34. The van der Waals surface area contributed by atoms with Crippen molar-refractivity contribution in [2.24, 2.45) is 5.92 Å². The molecule has 1 unspecified atom stereocenters. The lowest BCUT2D eigenvalue weighted by molar-refractivity contribution is -0.144. The summed E-state index contributed by atoms with van der Waals surface area (Å²) in [7, 11) is 1.43. The number of methoxy groups -OCH3 is 1. The van der Waals surface area contributed by atoms with Crippen LogP contribution in [-0.4, -0.2) is 25.4 Å². The van der Waals surface area contributed by atoms with Gasteiger partial charge in [0.05, 0.1) is 7.11 Å². The number of hydrogen-bond donors (Lipinski definition) is 1. The highest BCUT2D eigenvalue weighted by Gasteiger charge is 2.24. The van der Waals surface area contributed by atoms with E-state index in [4.69, 9.17) is 4.74 Å². The zero-order valence-electron chi connectivity index (χ0n) is 12.3. The van der Waals surface area contributed by atoms with Crippen LogP contribution in [0, 0.1) is 5.92 Å². The number of hydrogen-bond acceptors (Lipinski definition) is 4. The molecule has 0 bridgehead atoms. The van der Waals surface area contributed by atoms with Crippen molar-refractivity contribution in [3.05, 3.63) is 29.8 Å². The second-order valence-electron chi connectivity index (χ2n) is 4.91. The highest BCUT2D eigenvalue weighted by atomic mass is 32.2. The minimum absolute atomic E-state index is 0.113. The molecule has 1 aromatic carbocycles. The topological polar surface area (TPSA) is 38.3 Å². The van der Waals surface area contributed by atoms with E-state index in [-0.39, 0.29) is 24.0 Å². The van der Waals surface area contributed by atoms with Gasteiger partial charge in [-0.1, -0.05) is 26.0 Å². The Labute approximate surface area is 120 Å². The van der Waals surface area contributed by atoms with Gasteiger partial charge in [-0.3, -0.25) is 10.1 Å². The Morgan fingerprint density at radius 3 is 2.21 bits per heavy atom. The Kier molecular flexibility index (Phi) is 6.38. The van der Waals surface area contributed by atoms with E-state index in [2.05, 4.69) is 42.8 Å². The van der Waals surface area contributed by atoms with Crippen LogP contribution in [0.5, 0.6) is 0 Å². The SMILES string of the molecule is COC(=O)[C@@H](NC(C)c1ccc(SC)cc1)C(C)C. The third kappa shape index (κ3) is 4.55. The molecule has 0 aliphatic carbocycles. The van der Waals surface area contributed by atoms with Crippen molar-refractivity contribution in [1.29, 1.82) is 0 Å². The summed E-state index contributed by atoms with van der Waals surface area (Å²) in [6.07, 6.45) is 2.06. The lowest BCUT2D eigenvalue weighted by Gasteiger charge is -2.24. The molecule has 1 aromatic rings. The van der Waals surface area contributed by atoms with E-state index in [1.807, 2.05) is 13.8 Å². The molecule has 0 amide bonds. The fourth-order valence-electron chi connectivity index (χ4n) is 1.92. The molecular weight excluding hydrogens is 258 g/mol. The van der Waals surface area contributed by atoms with Crippen molar-refractivity contribution < 1.29 is 9.53 Å². The molecule has 0 saturated carbocycles. The van der Waals surface area contributed by atoms with E-state index >= 15 is 0 Å². The number of esters is 1. The summed E-state index contributed by atoms with van der Waals surface area (Å²) in [5.41, 5.74) is 1.17. The minimum Gasteiger partial charge on any atom is -0.468 e. The van der Waals surface area contributed by atoms with E-state index in [0.29, 0.717) is 0 Å². The number of carbonyl (C=O) groups excluding carboxylic acids is 1. The summed E-state index contributed by atoms with van der Waals surface area (Å²) in [6.45, 7) is 6.09. The third-order valence-electron chi connectivity index (χ3n) is 3.17. The standard InChI is InChI=1S/C15H23NO2S/c1-10(2)14(15(17)18-4)16-11(3)12-6-8-13(19-5)9-7-12/h6-11,14,16H,1-5H3/t11?,14-/m0/s1. The Morgan fingerprint density at radius 1 is 1.21 bits per heavy atom. The van der Waals surface area contributed by atoms with Crippen LogP contribution < -0.4 is 5.32 Å². The maximum atomic E-state index is 11.7. The van der Waals surface area contributed by atoms with Gasteiger partial charge in [-0.2, -0.15) is 0 Å². The third-order valence-corrected chi connectivity index (χ3v) is 3.91. The van der Waals surface area contributed by atoms with Crippen LogP contribution in [0.4, 0.5) is 0 Å². The fraction of sp³-hybridized carbons (Fsp3) is 0.533. The normalized spacial score (nSPS) is 14.2. The molecule has 1 rings (SSSR count). The summed E-state index contributed by atoms with van der Waals surface area (Å²) in [4.78, 5) is 13.0. The molecule has 0 aliphatic rings. The molecule has 2 atom stereocenters. The van der Waals surface area contributed by atoms with Gasteiger partial charge < -0.3 is 4.74 Å². The van der Waals surface area contributed by atoms with Gasteiger partial charge in [-0.25, -0.2) is 0 Å². The van der Waals surface area contributed by atoms with Crippen LogP contribution in [0.25, 0.3) is 0 Å². The van der Waals surface area contributed by atoms with E-state index in [9.17, 15) is 4.79 Å². The van der Waals surface area contributed by atoms with Gasteiger partial charge in [0.1, 0.15) is 6.04 Å². The van der Waals surface area contributed by atoms with Crippen molar-refractivity contribution in [2.75, 3.05) is 13.4 Å². The van der Waals surface area contributed by atoms with Gasteiger partial charge in [0.2, 0.25) is 0 Å². The van der Waals surface area contributed by atoms with Crippen LogP contribution in [0.3, 0.4) is 0 Å². The molecule has 3 nitrogen and oxygen atoms in total. The van der Waals surface area contributed by atoms with Gasteiger partial charge >= 0.3 is 5.97 Å². The van der Waals surface area contributed by atoms with Crippen molar-refractivity contribution in [2.45, 2.75) is 37.8 Å². The summed E-state index contributed by atoms with van der Waals surface area (Å²) >= 11 is 1.72. The van der Waals surface area contributed by atoms with Crippen molar-refractivity contribution in [3.8, 4) is 0 Å². The number of rotatable bonds is 6. The first-order chi connectivity index (χ1) is 8.99. The molecule has 0 radical (unpaired) electrons. The van der Waals surface area contributed by atoms with Gasteiger partial charge in [-0.05, 0) is 36.8 Å². The number of carbonyl (C=O) groups is 1. The molecule has 0 spiro atoms. The molecule has 0 heterocycles. The smallest absolute Gasteiger partial charge is 0.323 e. The zero-order chi connectivity index (χ0) is 14.4. The lowest BCUT2D eigenvalue weighted by Crippen LogP contribution is -2.42. The van der Waals surface area contributed by atoms with Crippen LogP contribution in [-0.2, 0) is 9.53 Å². The quantitative estimate of drug-likeness (QED) is 0.641. The van der Waals surface area contributed by atoms with E-state index in [1.54, 1.807) is 11.8 Å². The highest BCUT2D eigenvalue weighted by Crippen LogP contribution is 2.20. The maximum Gasteiger partial charge on any atom is 0.323 e. The number of thioether (sulfide) groups is 1. The molecular formula is C15H23NO2S. The number of benzene rings is 1. The second-order valence-corrected chi connectivity index (χ2v) is 5.79. The zero-order valence-corrected chi connectivity index (χ0v) is 13.1. The first kappa shape index (κ1) is 16.1. The Bertz CT molecular complexity index is 403. The average molecular weight is 281 g/mol. The lowest BCUT2D eigenvalue weighted by atomic mass is 10.0. The van der Waals surface area contributed by atoms with Crippen molar-refractivity contribution in [3.63, 3.8) is 0 Å². The maximum absolute atomic E-state index is 11.7. The van der Waals surface area contributed by atoms with Crippen LogP contribution in [0.15, 0.2) is 29.2 Å². The Hall–Kier alpha value is -1.00. The van der Waals surface area contributed by atoms with E-state index in [1.165, 1.54) is 17.6 Å². The van der Waals surface area contributed by atoms with Crippen molar-refractivity contribution in [1.82, 2.24) is 5.32 Å². The minimum atomic E-state index is -0.278. The molecule has 19 heavy (non-hydrogen) atoms. The molecule has 4 heteroatoms. The van der Waals surface area contributed by atoms with Gasteiger partial charge in [-0.15, -0.1) is 11.8 Å². The van der Waals surface area contributed by atoms with E-state index < -0.39 is 0 Å². The average Bonchev–Trinajstić information content (AvgIpc) is 2.43. The fourth-order valence-corrected chi connectivity index (χ4v) is 2.33. The molecule has 0 aliphatic heterocycles. The monoisotopic (exact) mass is 281 g/mol. The molecule has 1 N–H and O–H groups in total. The number of nitrogens with one attached hydrogen (secondary N) is 1. The Morgan fingerprint density at radius 2 is 1.79 bits per heavy atom. The van der Waals surface area contributed by atoms with Crippen LogP contribution in [0.1, 0.15) is 32.4 Å². The van der Waals surface area contributed by atoms with Crippen LogP contribution >= 0.6 is 11.8 Å². The summed E-state index contributed by atoms with van der Waals surface area (Å²) in [6, 6.07) is 8.22. The van der Waals surface area contributed by atoms with Crippen molar-refractivity contribution >= 4 is 17.7 Å². The molecule has 0 saturated heterocycles. The molecule has 0 fully saturated rings.